The van der Waals surface area contributed by atoms with E-state index in [0.29, 0.717) is 0 Å². The molecule has 1 aromatic rings. The molecule has 2 rings (SSSR count). The van der Waals surface area contributed by atoms with Gasteiger partial charge in [-0.2, -0.15) is 5.10 Å². The number of nitrogens with zero attached hydrogens (tertiary/aromatic N) is 1. The van der Waals surface area contributed by atoms with Crippen molar-refractivity contribution in [2.45, 2.75) is 64.5 Å². The van der Waals surface area contributed by atoms with Crippen LogP contribution in [0.1, 0.15) is 63.6 Å². The SMILES string of the molecule is CC(C)(C)NCc1cn[nH]c1C1CCCC1. The van der Waals surface area contributed by atoms with Crippen LogP contribution in [0, 0.1) is 0 Å². The molecule has 0 aromatic carbocycles. The second kappa shape index (κ2) is 4.58. The monoisotopic (exact) mass is 221 g/mol. The Morgan fingerprint density at radius 2 is 2.06 bits per heavy atom. The fourth-order valence-electron chi connectivity index (χ4n) is 2.39. The lowest BCUT2D eigenvalue weighted by Crippen LogP contribution is -2.35. The van der Waals surface area contributed by atoms with Crippen molar-refractivity contribution in [2.75, 3.05) is 0 Å². The quantitative estimate of drug-likeness (QED) is 0.824. The molecule has 0 amide bonds. The van der Waals surface area contributed by atoms with Crippen LogP contribution in [0.15, 0.2) is 6.20 Å². The highest BCUT2D eigenvalue weighted by Gasteiger charge is 2.21. The molecular weight excluding hydrogens is 198 g/mol. The number of aromatic nitrogens is 2. The van der Waals surface area contributed by atoms with Crippen molar-refractivity contribution in [2.24, 2.45) is 0 Å². The predicted molar refractivity (Wildman–Crippen MR) is 66.4 cm³/mol. The Kier molecular flexibility index (Phi) is 3.33. The summed E-state index contributed by atoms with van der Waals surface area (Å²) in [4.78, 5) is 0. The largest absolute Gasteiger partial charge is 0.308 e. The zero-order chi connectivity index (χ0) is 11.6. The zero-order valence-electron chi connectivity index (χ0n) is 10.6. The Balaban J connectivity index is 2.01. The van der Waals surface area contributed by atoms with Gasteiger partial charge in [0.15, 0.2) is 0 Å². The highest BCUT2D eigenvalue weighted by Crippen LogP contribution is 2.34. The van der Waals surface area contributed by atoms with Crippen LogP contribution in [0.4, 0.5) is 0 Å². The minimum Gasteiger partial charge on any atom is -0.308 e. The van der Waals surface area contributed by atoms with Gasteiger partial charge in [0, 0.05) is 29.3 Å². The third kappa shape index (κ3) is 2.85. The normalized spacial score (nSPS) is 18.2. The third-order valence-electron chi connectivity index (χ3n) is 3.32. The van der Waals surface area contributed by atoms with Crippen LogP contribution in [-0.2, 0) is 6.54 Å². The molecule has 0 atom stereocenters. The van der Waals surface area contributed by atoms with E-state index in [0.717, 1.165) is 12.5 Å². The first-order chi connectivity index (χ1) is 7.56. The number of aromatic amines is 1. The lowest BCUT2D eigenvalue weighted by Gasteiger charge is -2.21. The smallest absolute Gasteiger partial charge is 0.0535 e. The molecule has 3 nitrogen and oxygen atoms in total. The van der Waals surface area contributed by atoms with Gasteiger partial charge in [0.25, 0.3) is 0 Å². The maximum Gasteiger partial charge on any atom is 0.0535 e. The Labute approximate surface area is 98.0 Å². The highest BCUT2D eigenvalue weighted by atomic mass is 15.1. The number of nitrogens with one attached hydrogen (secondary N) is 2. The van der Waals surface area contributed by atoms with E-state index in [1.54, 1.807) is 0 Å². The van der Waals surface area contributed by atoms with Crippen molar-refractivity contribution < 1.29 is 0 Å². The van der Waals surface area contributed by atoms with Crippen LogP contribution in [0.5, 0.6) is 0 Å². The average molecular weight is 221 g/mol. The summed E-state index contributed by atoms with van der Waals surface area (Å²) in [5, 5.41) is 10.9. The van der Waals surface area contributed by atoms with E-state index in [-0.39, 0.29) is 5.54 Å². The summed E-state index contributed by atoms with van der Waals surface area (Å²) in [6, 6.07) is 0. The first-order valence-corrected chi connectivity index (χ1v) is 6.33. The van der Waals surface area contributed by atoms with Gasteiger partial charge in [0.2, 0.25) is 0 Å². The molecule has 2 N–H and O–H groups in total. The van der Waals surface area contributed by atoms with Gasteiger partial charge in [-0.05, 0) is 33.6 Å². The molecular formula is C13H23N3. The van der Waals surface area contributed by atoms with E-state index in [9.17, 15) is 0 Å². The Morgan fingerprint density at radius 3 is 2.69 bits per heavy atom. The van der Waals surface area contributed by atoms with Gasteiger partial charge in [0.05, 0.1) is 6.20 Å². The van der Waals surface area contributed by atoms with Crippen LogP contribution >= 0.6 is 0 Å². The van der Waals surface area contributed by atoms with Crippen LogP contribution in [0.2, 0.25) is 0 Å². The molecule has 1 aliphatic carbocycles. The average Bonchev–Trinajstić information content (AvgIpc) is 2.84. The summed E-state index contributed by atoms with van der Waals surface area (Å²) in [5.74, 6) is 0.722. The Hall–Kier alpha value is -0.830. The maximum absolute atomic E-state index is 4.20. The molecule has 1 saturated carbocycles. The third-order valence-corrected chi connectivity index (χ3v) is 3.32. The van der Waals surface area contributed by atoms with Crippen molar-refractivity contribution in [1.82, 2.24) is 15.5 Å². The highest BCUT2D eigenvalue weighted by molar-refractivity contribution is 5.21. The molecule has 1 heterocycles. The van der Waals surface area contributed by atoms with Gasteiger partial charge < -0.3 is 5.32 Å². The van der Waals surface area contributed by atoms with Crippen LogP contribution in [0.3, 0.4) is 0 Å². The van der Waals surface area contributed by atoms with Gasteiger partial charge >= 0.3 is 0 Å². The van der Waals surface area contributed by atoms with Crippen LogP contribution in [-0.4, -0.2) is 15.7 Å². The number of hydrogen-bond donors (Lipinski definition) is 2. The van der Waals surface area contributed by atoms with Gasteiger partial charge in [-0.15, -0.1) is 0 Å². The fourth-order valence-corrected chi connectivity index (χ4v) is 2.39. The first-order valence-electron chi connectivity index (χ1n) is 6.33. The molecule has 16 heavy (non-hydrogen) atoms. The minimum absolute atomic E-state index is 0.171. The van der Waals surface area contributed by atoms with Gasteiger partial charge in [-0.1, -0.05) is 12.8 Å². The van der Waals surface area contributed by atoms with E-state index in [4.69, 9.17) is 0 Å². The lowest BCUT2D eigenvalue weighted by atomic mass is 10.00. The molecule has 0 aliphatic heterocycles. The van der Waals surface area contributed by atoms with Crippen molar-refractivity contribution in [3.63, 3.8) is 0 Å². The fraction of sp³-hybridized carbons (Fsp3) is 0.769. The van der Waals surface area contributed by atoms with E-state index in [1.165, 1.54) is 36.9 Å². The standard InChI is InChI=1S/C13H23N3/c1-13(2,3)14-8-11-9-15-16-12(11)10-6-4-5-7-10/h9-10,14H,4-8H2,1-3H3,(H,15,16). The second-order valence-electron chi connectivity index (χ2n) is 5.89. The molecule has 1 aromatic heterocycles. The molecule has 0 bridgehead atoms. The molecule has 0 spiro atoms. The zero-order valence-corrected chi connectivity index (χ0v) is 10.6. The Morgan fingerprint density at radius 1 is 1.38 bits per heavy atom. The van der Waals surface area contributed by atoms with Gasteiger partial charge in [-0.3, -0.25) is 5.10 Å². The first kappa shape index (κ1) is 11.6. The number of rotatable bonds is 3. The van der Waals surface area contributed by atoms with Gasteiger partial charge in [0.1, 0.15) is 0 Å². The molecule has 90 valence electrons. The van der Waals surface area contributed by atoms with Crippen LogP contribution in [0.25, 0.3) is 0 Å². The van der Waals surface area contributed by atoms with Crippen molar-refractivity contribution in [3.8, 4) is 0 Å². The van der Waals surface area contributed by atoms with E-state index >= 15 is 0 Å². The van der Waals surface area contributed by atoms with Crippen molar-refractivity contribution in [3.05, 3.63) is 17.5 Å². The van der Waals surface area contributed by atoms with E-state index in [2.05, 4.69) is 36.3 Å². The lowest BCUT2D eigenvalue weighted by molar-refractivity contribution is 0.422. The summed E-state index contributed by atoms with van der Waals surface area (Å²) in [5.41, 5.74) is 2.89. The molecule has 1 fully saturated rings. The summed E-state index contributed by atoms with van der Waals surface area (Å²) in [6.45, 7) is 7.51. The van der Waals surface area contributed by atoms with Gasteiger partial charge in [-0.25, -0.2) is 0 Å². The summed E-state index contributed by atoms with van der Waals surface area (Å²) in [6.07, 6.45) is 7.37. The maximum atomic E-state index is 4.20. The van der Waals surface area contributed by atoms with E-state index in [1.807, 2.05) is 6.20 Å². The van der Waals surface area contributed by atoms with Crippen molar-refractivity contribution >= 4 is 0 Å². The number of hydrogen-bond acceptors (Lipinski definition) is 2. The van der Waals surface area contributed by atoms with Crippen LogP contribution < -0.4 is 5.32 Å². The summed E-state index contributed by atoms with van der Waals surface area (Å²) >= 11 is 0. The molecule has 3 heteroatoms. The topological polar surface area (TPSA) is 40.7 Å². The van der Waals surface area contributed by atoms with E-state index < -0.39 is 0 Å². The molecule has 0 saturated heterocycles. The second-order valence-corrected chi connectivity index (χ2v) is 5.89. The Bertz CT molecular complexity index is 329. The number of H-pyrrole nitrogens is 1. The summed E-state index contributed by atoms with van der Waals surface area (Å²) in [7, 11) is 0. The molecule has 1 aliphatic rings. The molecule has 0 radical (unpaired) electrons. The predicted octanol–water partition coefficient (Wildman–Crippen LogP) is 2.96. The molecule has 0 unspecified atom stereocenters. The summed E-state index contributed by atoms with van der Waals surface area (Å²) < 4.78 is 0. The van der Waals surface area contributed by atoms with Crippen molar-refractivity contribution in [1.29, 1.82) is 0 Å². The minimum atomic E-state index is 0.171.